The Kier molecular flexibility index (Phi) is 5.36. The first-order valence-corrected chi connectivity index (χ1v) is 7.20. The van der Waals surface area contributed by atoms with Crippen LogP contribution < -0.4 is 10.9 Å². The van der Waals surface area contributed by atoms with Gasteiger partial charge in [0.15, 0.2) is 0 Å². The van der Waals surface area contributed by atoms with E-state index in [4.69, 9.17) is 11.6 Å². The lowest BCUT2D eigenvalue weighted by molar-refractivity contribution is -0.138. The molecule has 0 bridgehead atoms. The van der Waals surface area contributed by atoms with Crippen molar-refractivity contribution in [1.29, 1.82) is 0 Å². The number of aromatic nitrogens is 1. The molecule has 2 aromatic rings. The second kappa shape index (κ2) is 7.02. The Bertz CT molecular complexity index is 872. The summed E-state index contributed by atoms with van der Waals surface area (Å²) in [5.41, 5.74) is -3.18. The number of hydrogen-bond donors (Lipinski definition) is 1. The maximum Gasteiger partial charge on any atom is 0.417 e. The molecule has 0 saturated carbocycles. The van der Waals surface area contributed by atoms with Crippen LogP contribution in [0.4, 0.5) is 32.0 Å². The van der Waals surface area contributed by atoms with Crippen molar-refractivity contribution >= 4 is 23.2 Å². The molecule has 0 aliphatic rings. The van der Waals surface area contributed by atoms with Gasteiger partial charge in [0.25, 0.3) is 5.56 Å². The van der Waals surface area contributed by atoms with Crippen LogP contribution in [-0.2, 0) is 23.7 Å². The Balaban J connectivity index is 2.18. The second-order valence-corrected chi connectivity index (χ2v) is 5.54. The fourth-order valence-corrected chi connectivity index (χ4v) is 2.20. The van der Waals surface area contributed by atoms with Crippen molar-refractivity contribution in [3.05, 3.63) is 63.0 Å². The zero-order valence-corrected chi connectivity index (χ0v) is 13.3. The standard InChI is InChI=1S/C15H9ClF6N2O2/c16-11-5-9(15(20,21)22)6-24(13(11)26)7-12(25)23-10-3-1-8(2-4-10)14(17,18)19/h1-6H,7H2,(H,23,25). The van der Waals surface area contributed by atoms with Gasteiger partial charge in [-0.2, -0.15) is 26.3 Å². The molecule has 1 heterocycles. The van der Waals surface area contributed by atoms with Crippen molar-refractivity contribution in [2.45, 2.75) is 18.9 Å². The van der Waals surface area contributed by atoms with Crippen LogP contribution in [0.25, 0.3) is 0 Å². The molecule has 1 amide bonds. The summed E-state index contributed by atoms with van der Waals surface area (Å²) in [7, 11) is 0. The lowest BCUT2D eigenvalue weighted by atomic mass is 10.2. The van der Waals surface area contributed by atoms with Gasteiger partial charge in [-0.25, -0.2) is 0 Å². The van der Waals surface area contributed by atoms with E-state index in [2.05, 4.69) is 5.32 Å². The van der Waals surface area contributed by atoms with Crippen LogP contribution in [0.1, 0.15) is 11.1 Å². The van der Waals surface area contributed by atoms with Gasteiger partial charge in [0.05, 0.1) is 11.1 Å². The zero-order chi connectivity index (χ0) is 19.7. The van der Waals surface area contributed by atoms with Gasteiger partial charge in [-0.3, -0.25) is 9.59 Å². The third-order valence-corrected chi connectivity index (χ3v) is 3.45. The van der Waals surface area contributed by atoms with E-state index in [0.717, 1.165) is 24.3 Å². The summed E-state index contributed by atoms with van der Waals surface area (Å²) in [6, 6.07) is 3.84. The molecule has 0 unspecified atom stereocenters. The summed E-state index contributed by atoms with van der Waals surface area (Å²) in [6.45, 7) is -0.802. The number of nitrogens with one attached hydrogen (secondary N) is 1. The molecule has 0 aliphatic heterocycles. The molecule has 1 aromatic carbocycles. The lowest BCUT2D eigenvalue weighted by Crippen LogP contribution is -2.29. The Morgan fingerprint density at radius 1 is 1.00 bits per heavy atom. The first-order valence-electron chi connectivity index (χ1n) is 6.82. The molecule has 4 nitrogen and oxygen atoms in total. The number of nitrogens with zero attached hydrogens (tertiary/aromatic N) is 1. The zero-order valence-electron chi connectivity index (χ0n) is 12.6. The van der Waals surface area contributed by atoms with Gasteiger partial charge in [-0.15, -0.1) is 0 Å². The predicted octanol–water partition coefficient (Wildman–Crippen LogP) is 4.18. The average Bonchev–Trinajstić information content (AvgIpc) is 2.50. The maximum absolute atomic E-state index is 12.7. The van der Waals surface area contributed by atoms with E-state index in [0.29, 0.717) is 16.8 Å². The van der Waals surface area contributed by atoms with Crippen molar-refractivity contribution in [3.8, 4) is 0 Å². The third-order valence-electron chi connectivity index (χ3n) is 3.18. The van der Waals surface area contributed by atoms with Crippen molar-refractivity contribution < 1.29 is 31.1 Å². The number of rotatable bonds is 3. The van der Waals surface area contributed by atoms with Gasteiger partial charge < -0.3 is 9.88 Å². The van der Waals surface area contributed by atoms with Gasteiger partial charge in [-0.1, -0.05) is 11.6 Å². The summed E-state index contributed by atoms with van der Waals surface area (Å²) in [4.78, 5) is 23.6. The number of carbonyl (C=O) groups is 1. The first kappa shape index (κ1) is 19.8. The van der Waals surface area contributed by atoms with Crippen LogP contribution in [0.5, 0.6) is 0 Å². The van der Waals surface area contributed by atoms with Crippen LogP contribution >= 0.6 is 11.6 Å². The van der Waals surface area contributed by atoms with Crippen molar-refractivity contribution in [1.82, 2.24) is 4.57 Å². The van der Waals surface area contributed by atoms with Crippen molar-refractivity contribution in [3.63, 3.8) is 0 Å². The number of amides is 1. The fraction of sp³-hybridized carbons (Fsp3) is 0.200. The molecule has 0 fully saturated rings. The summed E-state index contributed by atoms with van der Waals surface area (Å²) in [5.74, 6) is -0.915. The molecule has 140 valence electrons. The average molecular weight is 399 g/mol. The number of hydrogen-bond acceptors (Lipinski definition) is 2. The Morgan fingerprint density at radius 3 is 2.04 bits per heavy atom. The number of benzene rings is 1. The molecule has 0 spiro atoms. The van der Waals surface area contributed by atoms with E-state index < -0.39 is 46.5 Å². The van der Waals surface area contributed by atoms with E-state index in [9.17, 15) is 35.9 Å². The fourth-order valence-electron chi connectivity index (χ4n) is 1.97. The van der Waals surface area contributed by atoms with E-state index >= 15 is 0 Å². The van der Waals surface area contributed by atoms with Crippen LogP contribution in [0, 0.1) is 0 Å². The first-order chi connectivity index (χ1) is 11.9. The lowest BCUT2D eigenvalue weighted by Gasteiger charge is -2.12. The quantitative estimate of drug-likeness (QED) is 0.789. The van der Waals surface area contributed by atoms with Crippen LogP contribution in [0.15, 0.2) is 41.3 Å². The summed E-state index contributed by atoms with van der Waals surface area (Å²) in [5, 5.41) is 1.46. The molecule has 26 heavy (non-hydrogen) atoms. The molecular weight excluding hydrogens is 390 g/mol. The highest BCUT2D eigenvalue weighted by Crippen LogP contribution is 2.30. The highest BCUT2D eigenvalue weighted by atomic mass is 35.5. The summed E-state index contributed by atoms with van der Waals surface area (Å²) >= 11 is 5.46. The Hall–Kier alpha value is -2.49. The van der Waals surface area contributed by atoms with Crippen molar-refractivity contribution in [2.75, 3.05) is 5.32 Å². The Labute approximate surface area is 147 Å². The van der Waals surface area contributed by atoms with Gasteiger partial charge in [0.1, 0.15) is 11.6 Å². The van der Waals surface area contributed by atoms with E-state index in [-0.39, 0.29) is 5.69 Å². The third kappa shape index (κ3) is 4.78. The number of anilines is 1. The molecule has 0 saturated heterocycles. The molecule has 1 N–H and O–H groups in total. The van der Waals surface area contributed by atoms with Crippen LogP contribution in [0.2, 0.25) is 5.02 Å². The van der Waals surface area contributed by atoms with Gasteiger partial charge in [0, 0.05) is 11.9 Å². The molecular formula is C15H9ClF6N2O2. The number of pyridine rings is 1. The Morgan fingerprint density at radius 2 is 1.54 bits per heavy atom. The molecule has 0 aliphatic carbocycles. The normalized spacial score (nSPS) is 12.1. The summed E-state index contributed by atoms with van der Waals surface area (Å²) < 4.78 is 76.0. The predicted molar refractivity (Wildman–Crippen MR) is 80.8 cm³/mol. The minimum Gasteiger partial charge on any atom is -0.325 e. The van der Waals surface area contributed by atoms with E-state index in [1.807, 2.05) is 0 Å². The number of carbonyl (C=O) groups excluding carboxylic acids is 1. The largest absolute Gasteiger partial charge is 0.417 e. The summed E-state index contributed by atoms with van der Waals surface area (Å²) in [6.07, 6.45) is -8.89. The molecule has 1 aromatic heterocycles. The van der Waals surface area contributed by atoms with Crippen LogP contribution in [-0.4, -0.2) is 10.5 Å². The van der Waals surface area contributed by atoms with Crippen LogP contribution in [0.3, 0.4) is 0 Å². The van der Waals surface area contributed by atoms with E-state index in [1.165, 1.54) is 0 Å². The topological polar surface area (TPSA) is 51.1 Å². The smallest absolute Gasteiger partial charge is 0.325 e. The number of alkyl halides is 6. The minimum atomic E-state index is -4.77. The molecule has 2 rings (SSSR count). The van der Waals surface area contributed by atoms with Gasteiger partial charge in [-0.05, 0) is 30.3 Å². The highest BCUT2D eigenvalue weighted by molar-refractivity contribution is 6.30. The minimum absolute atomic E-state index is 0.0193. The molecule has 11 heteroatoms. The highest BCUT2D eigenvalue weighted by Gasteiger charge is 2.32. The molecule has 0 radical (unpaired) electrons. The monoisotopic (exact) mass is 398 g/mol. The SMILES string of the molecule is O=C(Cn1cc(C(F)(F)F)cc(Cl)c1=O)Nc1ccc(C(F)(F)F)cc1. The second-order valence-electron chi connectivity index (χ2n) is 5.13. The van der Waals surface area contributed by atoms with Gasteiger partial charge >= 0.3 is 12.4 Å². The van der Waals surface area contributed by atoms with E-state index in [1.54, 1.807) is 0 Å². The number of halogens is 7. The van der Waals surface area contributed by atoms with Crippen molar-refractivity contribution in [2.24, 2.45) is 0 Å². The maximum atomic E-state index is 12.7. The molecule has 0 atom stereocenters. The van der Waals surface area contributed by atoms with Gasteiger partial charge in [0.2, 0.25) is 5.91 Å².